The van der Waals surface area contributed by atoms with Gasteiger partial charge in [-0.25, -0.2) is 0 Å². The number of hydrogen-bond acceptors (Lipinski definition) is 3. The van der Waals surface area contributed by atoms with Crippen LogP contribution in [-0.2, 0) is 9.59 Å². The normalized spacial score (nSPS) is 41.9. The van der Waals surface area contributed by atoms with Gasteiger partial charge in [-0.2, -0.15) is 0 Å². The van der Waals surface area contributed by atoms with E-state index in [-0.39, 0.29) is 29.0 Å². The molecule has 5 heteroatoms. The summed E-state index contributed by atoms with van der Waals surface area (Å²) in [6, 6.07) is 0.0897. The van der Waals surface area contributed by atoms with Crippen molar-refractivity contribution in [3.05, 3.63) is 0 Å². The van der Waals surface area contributed by atoms with Crippen molar-refractivity contribution < 1.29 is 9.59 Å². The summed E-state index contributed by atoms with van der Waals surface area (Å²) in [6.45, 7) is 0.632. The van der Waals surface area contributed by atoms with Crippen molar-refractivity contribution in [2.24, 2.45) is 11.3 Å². The van der Waals surface area contributed by atoms with Crippen LogP contribution < -0.4 is 10.6 Å². The number of amides is 1. The van der Waals surface area contributed by atoms with Gasteiger partial charge in [-0.3, -0.25) is 9.59 Å². The molecule has 4 unspecified atom stereocenters. The highest BCUT2D eigenvalue weighted by atomic mass is 35.5. The van der Waals surface area contributed by atoms with Gasteiger partial charge in [0.25, 0.3) is 0 Å². The Balaban J connectivity index is 1.82. The molecule has 3 rings (SSSR count). The quantitative estimate of drug-likeness (QED) is 0.750. The maximum Gasteiger partial charge on any atom is 0.228 e. The number of ketones is 1. The largest absolute Gasteiger partial charge is 0.353 e. The number of nitrogens with one attached hydrogen (secondary N) is 2. The second-order valence-electron chi connectivity index (χ2n) is 6.22. The molecule has 0 aromatic rings. The van der Waals surface area contributed by atoms with Gasteiger partial charge in [0, 0.05) is 12.6 Å². The molecule has 1 spiro atoms. The SMILES string of the molecule is O=C(CCl)C1CC2(CN1)C(=O)NC1CCCCCC12. The van der Waals surface area contributed by atoms with Crippen molar-refractivity contribution in [3.63, 3.8) is 0 Å². The van der Waals surface area contributed by atoms with Crippen LogP contribution in [0.15, 0.2) is 0 Å². The summed E-state index contributed by atoms with van der Waals surface area (Å²) in [5, 5.41) is 6.41. The van der Waals surface area contributed by atoms with E-state index in [9.17, 15) is 9.59 Å². The number of carbonyl (C=O) groups excluding carboxylic acids is 2. The van der Waals surface area contributed by atoms with Gasteiger partial charge < -0.3 is 10.6 Å². The van der Waals surface area contributed by atoms with Crippen molar-refractivity contribution >= 4 is 23.3 Å². The smallest absolute Gasteiger partial charge is 0.228 e. The van der Waals surface area contributed by atoms with Gasteiger partial charge in [-0.15, -0.1) is 11.6 Å². The number of fused-ring (bicyclic) bond motifs is 2. The molecule has 4 nitrogen and oxygen atoms in total. The molecule has 106 valence electrons. The van der Waals surface area contributed by atoms with E-state index in [0.29, 0.717) is 24.9 Å². The topological polar surface area (TPSA) is 58.2 Å². The monoisotopic (exact) mass is 284 g/mol. The van der Waals surface area contributed by atoms with Gasteiger partial charge in [0.2, 0.25) is 5.91 Å². The zero-order valence-corrected chi connectivity index (χ0v) is 11.8. The van der Waals surface area contributed by atoms with Crippen LogP contribution in [0.25, 0.3) is 0 Å². The molecule has 2 aliphatic heterocycles. The summed E-state index contributed by atoms with van der Waals surface area (Å²) in [5.74, 6) is 0.594. The predicted molar refractivity (Wildman–Crippen MR) is 73.1 cm³/mol. The van der Waals surface area contributed by atoms with E-state index >= 15 is 0 Å². The first-order valence-corrected chi connectivity index (χ1v) is 7.84. The Morgan fingerprint density at radius 1 is 1.32 bits per heavy atom. The Morgan fingerprint density at radius 3 is 2.89 bits per heavy atom. The number of rotatable bonds is 2. The lowest BCUT2D eigenvalue weighted by molar-refractivity contribution is -0.128. The first-order chi connectivity index (χ1) is 9.17. The van der Waals surface area contributed by atoms with Crippen LogP contribution in [0.4, 0.5) is 0 Å². The van der Waals surface area contributed by atoms with Crippen LogP contribution in [0.2, 0.25) is 0 Å². The lowest BCUT2D eigenvalue weighted by Crippen LogP contribution is -2.37. The first kappa shape index (κ1) is 13.4. The average molecular weight is 285 g/mol. The molecule has 1 aliphatic carbocycles. The highest BCUT2D eigenvalue weighted by Gasteiger charge is 2.58. The third-order valence-corrected chi connectivity index (χ3v) is 5.51. The Kier molecular flexibility index (Phi) is 3.56. The predicted octanol–water partition coefficient (Wildman–Crippen LogP) is 1.22. The summed E-state index contributed by atoms with van der Waals surface area (Å²) in [4.78, 5) is 24.2. The molecule has 0 aromatic carbocycles. The minimum Gasteiger partial charge on any atom is -0.353 e. The molecular formula is C14H21ClN2O2. The number of halogens is 1. The van der Waals surface area contributed by atoms with Crippen LogP contribution >= 0.6 is 11.6 Å². The van der Waals surface area contributed by atoms with Crippen LogP contribution in [0.3, 0.4) is 0 Å². The van der Waals surface area contributed by atoms with Gasteiger partial charge in [-0.05, 0) is 25.2 Å². The fraction of sp³-hybridized carbons (Fsp3) is 0.857. The van der Waals surface area contributed by atoms with Gasteiger partial charge in [-0.1, -0.05) is 19.3 Å². The first-order valence-electron chi connectivity index (χ1n) is 7.30. The highest BCUT2D eigenvalue weighted by molar-refractivity contribution is 6.28. The van der Waals surface area contributed by atoms with Crippen molar-refractivity contribution in [3.8, 4) is 0 Å². The Morgan fingerprint density at radius 2 is 2.11 bits per heavy atom. The maximum absolute atomic E-state index is 12.4. The lowest BCUT2D eigenvalue weighted by atomic mass is 9.71. The Hall–Kier alpha value is -0.610. The van der Waals surface area contributed by atoms with E-state index in [2.05, 4.69) is 10.6 Å². The molecule has 3 fully saturated rings. The van der Waals surface area contributed by atoms with Crippen molar-refractivity contribution in [2.75, 3.05) is 12.4 Å². The molecule has 1 saturated carbocycles. The van der Waals surface area contributed by atoms with Crippen molar-refractivity contribution in [2.45, 2.75) is 50.6 Å². The van der Waals surface area contributed by atoms with Crippen molar-refractivity contribution in [1.82, 2.24) is 10.6 Å². The second kappa shape index (κ2) is 5.06. The third-order valence-electron chi connectivity index (χ3n) is 5.25. The van der Waals surface area contributed by atoms with Gasteiger partial charge >= 0.3 is 0 Å². The van der Waals surface area contributed by atoms with E-state index in [0.717, 1.165) is 12.8 Å². The molecule has 4 atom stereocenters. The second-order valence-corrected chi connectivity index (χ2v) is 6.49. The fourth-order valence-corrected chi connectivity index (χ4v) is 4.40. The van der Waals surface area contributed by atoms with E-state index < -0.39 is 0 Å². The maximum atomic E-state index is 12.4. The average Bonchev–Trinajstić information content (AvgIpc) is 2.87. The molecule has 2 N–H and O–H groups in total. The molecule has 0 aromatic heterocycles. The van der Waals surface area contributed by atoms with Gasteiger partial charge in [0.05, 0.1) is 17.3 Å². The molecule has 1 amide bonds. The summed E-state index contributed by atoms with van der Waals surface area (Å²) < 4.78 is 0. The van der Waals surface area contributed by atoms with Gasteiger partial charge in [0.1, 0.15) is 0 Å². The third kappa shape index (κ3) is 2.09. The zero-order valence-electron chi connectivity index (χ0n) is 11.1. The Labute approximate surface area is 118 Å². The van der Waals surface area contributed by atoms with Crippen LogP contribution in [0.5, 0.6) is 0 Å². The van der Waals surface area contributed by atoms with E-state index in [1.54, 1.807) is 0 Å². The number of hydrogen-bond donors (Lipinski definition) is 2. The van der Waals surface area contributed by atoms with E-state index in [4.69, 9.17) is 11.6 Å². The summed E-state index contributed by atoms with van der Waals surface area (Å²) in [6.07, 6.45) is 6.49. The minimum atomic E-state index is -0.360. The number of carbonyl (C=O) groups is 2. The number of Topliss-reactive ketones (excluding diaryl/α,β-unsaturated/α-hetero) is 1. The van der Waals surface area contributed by atoms with Crippen LogP contribution in [-0.4, -0.2) is 36.2 Å². The number of alkyl halides is 1. The molecule has 2 saturated heterocycles. The standard InChI is InChI=1S/C14H21ClN2O2/c15-7-12(18)11-6-14(8-16-11)9-4-2-1-3-5-10(9)17-13(14)19/h9-11,16H,1-8H2,(H,17,19). The van der Waals surface area contributed by atoms with E-state index in [1.165, 1.54) is 19.3 Å². The lowest BCUT2D eigenvalue weighted by Gasteiger charge is -2.28. The summed E-state index contributed by atoms with van der Waals surface area (Å²) in [7, 11) is 0. The van der Waals surface area contributed by atoms with Crippen molar-refractivity contribution in [1.29, 1.82) is 0 Å². The van der Waals surface area contributed by atoms with Crippen LogP contribution in [0.1, 0.15) is 38.5 Å². The highest BCUT2D eigenvalue weighted by Crippen LogP contribution is 2.48. The van der Waals surface area contributed by atoms with Crippen LogP contribution in [0, 0.1) is 11.3 Å². The molecular weight excluding hydrogens is 264 g/mol. The molecule has 2 heterocycles. The Bertz CT molecular complexity index is 401. The van der Waals surface area contributed by atoms with E-state index in [1.807, 2.05) is 0 Å². The van der Waals surface area contributed by atoms with Gasteiger partial charge in [0.15, 0.2) is 5.78 Å². The summed E-state index contributed by atoms with van der Waals surface area (Å²) >= 11 is 5.64. The molecule has 3 aliphatic rings. The fourth-order valence-electron chi connectivity index (χ4n) is 4.21. The molecule has 0 bridgehead atoms. The summed E-state index contributed by atoms with van der Waals surface area (Å²) in [5.41, 5.74) is -0.360. The minimum absolute atomic E-state index is 0.0170. The molecule has 19 heavy (non-hydrogen) atoms. The molecule has 0 radical (unpaired) electrons. The zero-order chi connectivity index (χ0) is 13.5.